The molecule has 30 heavy (non-hydrogen) atoms. The number of amides is 1. The van der Waals surface area contributed by atoms with E-state index in [4.69, 9.17) is 14.5 Å². The van der Waals surface area contributed by atoms with E-state index in [9.17, 15) is 9.18 Å². The van der Waals surface area contributed by atoms with Crippen LogP contribution in [-0.2, 0) is 9.53 Å². The number of nitrogens with one attached hydrogen (secondary N) is 1. The van der Waals surface area contributed by atoms with E-state index in [1.54, 1.807) is 18.2 Å². The van der Waals surface area contributed by atoms with Gasteiger partial charge in [0.05, 0.1) is 19.8 Å². The SMILES string of the molecule is CCNC(=NCC(C)Oc1ccccc1F)N1CCC(C(=O)N2CCOCC2)CC1. The Hall–Kier alpha value is -2.35. The molecule has 2 heterocycles. The molecule has 1 amide bonds. The fourth-order valence-corrected chi connectivity index (χ4v) is 3.82. The van der Waals surface area contributed by atoms with Crippen molar-refractivity contribution in [2.45, 2.75) is 32.8 Å². The number of aliphatic imine (C=N–C) groups is 1. The first-order chi connectivity index (χ1) is 14.6. The first-order valence-corrected chi connectivity index (χ1v) is 10.9. The molecule has 166 valence electrons. The average Bonchev–Trinajstić information content (AvgIpc) is 2.78. The number of carbonyl (C=O) groups excluding carboxylic acids is 1. The molecule has 2 aliphatic rings. The molecule has 1 N–H and O–H groups in total. The van der Waals surface area contributed by atoms with Crippen LogP contribution in [0.25, 0.3) is 0 Å². The van der Waals surface area contributed by atoms with Crippen LogP contribution in [0, 0.1) is 11.7 Å². The van der Waals surface area contributed by atoms with Crippen LogP contribution in [-0.4, -0.2) is 80.3 Å². The molecule has 1 atom stereocenters. The van der Waals surface area contributed by atoms with Crippen molar-refractivity contribution in [3.8, 4) is 5.75 Å². The highest BCUT2D eigenvalue weighted by atomic mass is 19.1. The van der Waals surface area contributed by atoms with E-state index in [0.29, 0.717) is 32.8 Å². The van der Waals surface area contributed by atoms with Crippen molar-refractivity contribution in [2.24, 2.45) is 10.9 Å². The maximum atomic E-state index is 13.8. The number of morpholine rings is 1. The van der Waals surface area contributed by atoms with E-state index < -0.39 is 0 Å². The van der Waals surface area contributed by atoms with E-state index in [1.807, 2.05) is 18.7 Å². The molecule has 0 saturated carbocycles. The molecule has 7 nitrogen and oxygen atoms in total. The van der Waals surface area contributed by atoms with Gasteiger partial charge in [-0.25, -0.2) is 9.38 Å². The number of ether oxygens (including phenoxy) is 2. The lowest BCUT2D eigenvalue weighted by atomic mass is 9.95. The zero-order valence-corrected chi connectivity index (χ0v) is 18.0. The molecule has 0 radical (unpaired) electrons. The van der Waals surface area contributed by atoms with Crippen molar-refractivity contribution in [1.29, 1.82) is 0 Å². The van der Waals surface area contributed by atoms with Crippen LogP contribution < -0.4 is 10.1 Å². The molecule has 8 heteroatoms. The van der Waals surface area contributed by atoms with Crippen LogP contribution in [0.15, 0.2) is 29.3 Å². The second-order valence-electron chi connectivity index (χ2n) is 7.75. The molecule has 2 fully saturated rings. The van der Waals surface area contributed by atoms with Gasteiger partial charge >= 0.3 is 0 Å². The number of carbonyl (C=O) groups is 1. The quantitative estimate of drug-likeness (QED) is 0.564. The first-order valence-electron chi connectivity index (χ1n) is 10.9. The van der Waals surface area contributed by atoms with Crippen LogP contribution in [0.4, 0.5) is 4.39 Å². The zero-order chi connectivity index (χ0) is 21.3. The van der Waals surface area contributed by atoms with Crippen molar-refractivity contribution in [2.75, 3.05) is 52.5 Å². The molecule has 0 bridgehead atoms. The summed E-state index contributed by atoms with van der Waals surface area (Å²) in [6, 6.07) is 6.40. The Morgan fingerprint density at radius 3 is 2.60 bits per heavy atom. The molecule has 2 saturated heterocycles. The van der Waals surface area contributed by atoms with Crippen LogP contribution >= 0.6 is 0 Å². The van der Waals surface area contributed by atoms with E-state index in [1.165, 1.54) is 6.07 Å². The van der Waals surface area contributed by atoms with E-state index in [2.05, 4.69) is 10.2 Å². The molecule has 1 aromatic carbocycles. The normalized spacial score (nSPS) is 19.5. The maximum Gasteiger partial charge on any atom is 0.225 e. The van der Waals surface area contributed by atoms with Gasteiger partial charge in [0.2, 0.25) is 5.91 Å². The highest BCUT2D eigenvalue weighted by Crippen LogP contribution is 2.21. The summed E-state index contributed by atoms with van der Waals surface area (Å²) in [6.07, 6.45) is 1.39. The summed E-state index contributed by atoms with van der Waals surface area (Å²) in [5.41, 5.74) is 0. The lowest BCUT2D eigenvalue weighted by Gasteiger charge is -2.36. The third-order valence-corrected chi connectivity index (χ3v) is 5.46. The van der Waals surface area contributed by atoms with E-state index in [-0.39, 0.29) is 29.5 Å². The number of rotatable bonds is 6. The predicted molar refractivity (Wildman–Crippen MR) is 114 cm³/mol. The number of benzene rings is 1. The molecular weight excluding hydrogens is 387 g/mol. The molecule has 3 rings (SSSR count). The summed E-state index contributed by atoms with van der Waals surface area (Å²) in [4.78, 5) is 21.6. The topological polar surface area (TPSA) is 66.4 Å². The third-order valence-electron chi connectivity index (χ3n) is 5.46. The molecule has 2 aliphatic heterocycles. The van der Waals surface area contributed by atoms with Gasteiger partial charge in [0.1, 0.15) is 6.10 Å². The summed E-state index contributed by atoms with van der Waals surface area (Å²) in [5, 5.41) is 3.32. The Balaban J connectivity index is 1.52. The Morgan fingerprint density at radius 1 is 1.23 bits per heavy atom. The van der Waals surface area contributed by atoms with Gasteiger partial charge in [-0.2, -0.15) is 0 Å². The van der Waals surface area contributed by atoms with Crippen molar-refractivity contribution < 1.29 is 18.7 Å². The van der Waals surface area contributed by atoms with Gasteiger partial charge in [0.15, 0.2) is 17.5 Å². The lowest BCUT2D eigenvalue weighted by Crippen LogP contribution is -2.50. The largest absolute Gasteiger partial charge is 0.486 e. The smallest absolute Gasteiger partial charge is 0.225 e. The summed E-state index contributed by atoms with van der Waals surface area (Å²) >= 11 is 0. The summed E-state index contributed by atoms with van der Waals surface area (Å²) in [7, 11) is 0. The van der Waals surface area contributed by atoms with Gasteiger partial charge in [0, 0.05) is 38.6 Å². The van der Waals surface area contributed by atoms with Crippen molar-refractivity contribution in [3.63, 3.8) is 0 Å². The number of piperidine rings is 1. The summed E-state index contributed by atoms with van der Waals surface area (Å²) in [6.45, 7) is 9.33. The lowest BCUT2D eigenvalue weighted by molar-refractivity contribution is -0.140. The van der Waals surface area contributed by atoms with Gasteiger partial charge in [-0.05, 0) is 38.8 Å². The molecule has 1 unspecified atom stereocenters. The first kappa shape index (κ1) is 22.3. The van der Waals surface area contributed by atoms with Gasteiger partial charge < -0.3 is 24.6 Å². The highest BCUT2D eigenvalue weighted by Gasteiger charge is 2.30. The average molecular weight is 421 g/mol. The minimum absolute atomic E-state index is 0.0746. The summed E-state index contributed by atoms with van der Waals surface area (Å²) < 4.78 is 24.8. The Kier molecular flexibility index (Phi) is 8.30. The van der Waals surface area contributed by atoms with Gasteiger partial charge in [-0.1, -0.05) is 12.1 Å². The molecule has 1 aromatic rings. The van der Waals surface area contributed by atoms with Crippen LogP contribution in [0.2, 0.25) is 0 Å². The second-order valence-corrected chi connectivity index (χ2v) is 7.75. The van der Waals surface area contributed by atoms with Gasteiger partial charge in [-0.15, -0.1) is 0 Å². The third kappa shape index (κ3) is 6.08. The van der Waals surface area contributed by atoms with E-state index in [0.717, 1.165) is 38.4 Å². The van der Waals surface area contributed by atoms with Crippen LogP contribution in [0.3, 0.4) is 0 Å². The van der Waals surface area contributed by atoms with Crippen molar-refractivity contribution in [1.82, 2.24) is 15.1 Å². The minimum Gasteiger partial charge on any atom is -0.486 e. The van der Waals surface area contributed by atoms with Crippen LogP contribution in [0.1, 0.15) is 26.7 Å². The molecule has 0 spiro atoms. The number of guanidine groups is 1. The molecule has 0 aliphatic carbocycles. The monoisotopic (exact) mass is 420 g/mol. The fourth-order valence-electron chi connectivity index (χ4n) is 3.82. The zero-order valence-electron chi connectivity index (χ0n) is 18.0. The molecule has 0 aromatic heterocycles. The number of hydrogen-bond acceptors (Lipinski definition) is 4. The van der Waals surface area contributed by atoms with Gasteiger partial charge in [0.25, 0.3) is 0 Å². The van der Waals surface area contributed by atoms with Crippen LogP contribution in [0.5, 0.6) is 5.75 Å². The standard InChI is InChI=1S/C22H33FN4O3/c1-3-24-22(25-16-17(2)30-20-7-5-4-6-19(20)23)27-10-8-18(9-11-27)21(28)26-12-14-29-15-13-26/h4-7,17-18H,3,8-16H2,1-2H3,(H,24,25). The van der Waals surface area contributed by atoms with Crippen molar-refractivity contribution in [3.05, 3.63) is 30.1 Å². The Labute approximate surface area is 178 Å². The minimum atomic E-state index is -0.368. The Morgan fingerprint density at radius 2 is 1.93 bits per heavy atom. The highest BCUT2D eigenvalue weighted by molar-refractivity contribution is 5.82. The molecular formula is C22H33FN4O3. The number of likely N-dealkylation sites (tertiary alicyclic amines) is 1. The summed E-state index contributed by atoms with van der Waals surface area (Å²) in [5.74, 6) is 1.02. The number of hydrogen-bond donors (Lipinski definition) is 1. The second kappa shape index (κ2) is 11.2. The van der Waals surface area contributed by atoms with E-state index >= 15 is 0 Å². The number of para-hydroxylation sites is 1. The van der Waals surface area contributed by atoms with Gasteiger partial charge in [-0.3, -0.25) is 4.79 Å². The number of nitrogens with zero attached hydrogens (tertiary/aromatic N) is 3. The fraction of sp³-hybridized carbons (Fsp3) is 0.636. The number of halogens is 1. The van der Waals surface area contributed by atoms with Crippen molar-refractivity contribution >= 4 is 11.9 Å². The Bertz CT molecular complexity index is 716. The predicted octanol–water partition coefficient (Wildman–Crippen LogP) is 2.13. The maximum absolute atomic E-state index is 13.8.